The summed E-state index contributed by atoms with van der Waals surface area (Å²) < 4.78 is 6.07. The lowest BCUT2D eigenvalue weighted by Gasteiger charge is -2.41. The van der Waals surface area contributed by atoms with Crippen molar-refractivity contribution in [2.45, 2.75) is 64.2 Å². The molecule has 6 nitrogen and oxygen atoms in total. The summed E-state index contributed by atoms with van der Waals surface area (Å²) in [7, 11) is 0. The van der Waals surface area contributed by atoms with Crippen molar-refractivity contribution in [1.29, 1.82) is 0 Å². The summed E-state index contributed by atoms with van der Waals surface area (Å²) in [4.78, 5) is 30.4. The molecular weight excluding hydrogens is 404 g/mol. The fourth-order valence-electron chi connectivity index (χ4n) is 5.62. The number of nitrogens with zero attached hydrogens (tertiary/aromatic N) is 2. The molecule has 176 valence electrons. The van der Waals surface area contributed by atoms with Crippen LogP contribution in [0.1, 0.15) is 74.6 Å². The highest BCUT2D eigenvalue weighted by Gasteiger charge is 2.36. The Hall–Kier alpha value is -2.08. The first-order chi connectivity index (χ1) is 15.6. The summed E-state index contributed by atoms with van der Waals surface area (Å²) in [5.41, 5.74) is 0.481. The first-order valence-electron chi connectivity index (χ1n) is 12.5. The molecule has 2 amide bonds. The Kier molecular flexibility index (Phi) is 7.71. The molecule has 3 aliphatic heterocycles. The molecule has 4 aliphatic rings. The zero-order chi connectivity index (χ0) is 22.4. The first kappa shape index (κ1) is 23.1. The van der Waals surface area contributed by atoms with E-state index in [-0.39, 0.29) is 29.8 Å². The second-order valence-electron chi connectivity index (χ2n) is 9.91. The van der Waals surface area contributed by atoms with E-state index in [1.165, 1.54) is 6.42 Å². The second kappa shape index (κ2) is 10.7. The molecule has 1 saturated carbocycles. The number of piperidine rings is 1. The smallest absolute Gasteiger partial charge is 0.257 e. The second-order valence-corrected chi connectivity index (χ2v) is 9.91. The van der Waals surface area contributed by atoms with Crippen molar-refractivity contribution >= 4 is 11.8 Å². The largest absolute Gasteiger partial charge is 0.491 e. The van der Waals surface area contributed by atoms with Crippen LogP contribution in [0, 0.1) is 11.3 Å². The highest BCUT2D eigenvalue weighted by atomic mass is 16.5. The minimum atomic E-state index is -0.106. The number of carbonyl (C=O) groups is 2. The van der Waals surface area contributed by atoms with Gasteiger partial charge < -0.3 is 19.6 Å². The Balaban J connectivity index is 1.53. The lowest BCUT2D eigenvalue weighted by Crippen LogP contribution is -2.44. The zero-order valence-corrected chi connectivity index (χ0v) is 19.3. The fraction of sp³-hybridized carbons (Fsp3) is 0.692. The number of carbonyl (C=O) groups excluding carboxylic acids is 2. The van der Waals surface area contributed by atoms with Gasteiger partial charge >= 0.3 is 0 Å². The van der Waals surface area contributed by atoms with E-state index in [9.17, 15) is 14.7 Å². The van der Waals surface area contributed by atoms with Crippen LogP contribution in [0.4, 0.5) is 0 Å². The molecule has 6 heteroatoms. The van der Waals surface area contributed by atoms with E-state index in [0.29, 0.717) is 37.6 Å². The number of rotatable bonds is 2. The Labute approximate surface area is 191 Å². The summed E-state index contributed by atoms with van der Waals surface area (Å²) in [5, 5.41) is 10.2. The van der Waals surface area contributed by atoms with Gasteiger partial charge in [-0.25, -0.2) is 0 Å². The maximum absolute atomic E-state index is 13.3. The van der Waals surface area contributed by atoms with Gasteiger partial charge in [0.2, 0.25) is 5.91 Å². The third kappa shape index (κ3) is 5.28. The van der Waals surface area contributed by atoms with Gasteiger partial charge in [-0.3, -0.25) is 9.59 Å². The van der Waals surface area contributed by atoms with Gasteiger partial charge in [0, 0.05) is 32.2 Å². The number of amides is 2. The van der Waals surface area contributed by atoms with E-state index < -0.39 is 0 Å². The summed E-state index contributed by atoms with van der Waals surface area (Å²) in [5.74, 6) is 1.01. The molecule has 5 rings (SSSR count). The van der Waals surface area contributed by atoms with E-state index in [1.54, 1.807) is 0 Å². The van der Waals surface area contributed by atoms with Crippen LogP contribution in [0.25, 0.3) is 0 Å². The molecule has 1 saturated heterocycles. The van der Waals surface area contributed by atoms with Crippen molar-refractivity contribution in [1.82, 2.24) is 9.80 Å². The van der Waals surface area contributed by atoms with Crippen LogP contribution in [0.5, 0.6) is 5.75 Å². The Bertz CT molecular complexity index is 782. The van der Waals surface area contributed by atoms with Gasteiger partial charge in [0.15, 0.2) is 0 Å². The Morgan fingerprint density at radius 3 is 2.47 bits per heavy atom. The van der Waals surface area contributed by atoms with Gasteiger partial charge in [-0.05, 0) is 56.1 Å². The predicted octanol–water partition coefficient (Wildman–Crippen LogP) is 3.87. The van der Waals surface area contributed by atoms with Gasteiger partial charge in [-0.15, -0.1) is 0 Å². The van der Waals surface area contributed by atoms with Crippen LogP contribution in [0.3, 0.4) is 0 Å². The van der Waals surface area contributed by atoms with E-state index in [2.05, 4.69) is 0 Å². The highest BCUT2D eigenvalue weighted by Crippen LogP contribution is 2.37. The maximum Gasteiger partial charge on any atom is 0.257 e. The van der Waals surface area contributed by atoms with Crippen molar-refractivity contribution < 1.29 is 19.4 Å². The number of fused-ring (bicyclic) bond motifs is 9. The standard InChI is InChI=1S/C26H38N2O4/c29-20-26-12-6-7-15-27(24(30)21-8-2-1-3-9-21)18-19-32-23-11-5-4-10-22(23)25(31)28(16-13-26)17-14-26/h4-5,10-11,21,29H,1-3,6-9,12-20H2. The summed E-state index contributed by atoms with van der Waals surface area (Å²) >= 11 is 0. The van der Waals surface area contributed by atoms with Crippen LogP contribution in [0.15, 0.2) is 24.3 Å². The molecule has 1 aromatic carbocycles. The number of hydrogen-bond donors (Lipinski definition) is 1. The van der Waals surface area contributed by atoms with E-state index in [1.807, 2.05) is 34.1 Å². The molecule has 1 aromatic rings. The monoisotopic (exact) mass is 442 g/mol. The number of hydrogen-bond acceptors (Lipinski definition) is 4. The fourth-order valence-corrected chi connectivity index (χ4v) is 5.62. The molecule has 0 spiro atoms. The predicted molar refractivity (Wildman–Crippen MR) is 124 cm³/mol. The molecule has 0 unspecified atom stereocenters. The minimum absolute atomic E-state index is 0.00264. The van der Waals surface area contributed by atoms with E-state index >= 15 is 0 Å². The normalized spacial score (nSPS) is 23.1. The van der Waals surface area contributed by atoms with Gasteiger partial charge in [-0.1, -0.05) is 37.8 Å². The van der Waals surface area contributed by atoms with Crippen molar-refractivity contribution in [2.24, 2.45) is 11.3 Å². The molecule has 3 heterocycles. The van der Waals surface area contributed by atoms with Gasteiger partial charge in [-0.2, -0.15) is 0 Å². The molecule has 0 atom stereocenters. The number of benzene rings is 1. The highest BCUT2D eigenvalue weighted by molar-refractivity contribution is 5.97. The number of ether oxygens (including phenoxy) is 1. The van der Waals surface area contributed by atoms with Crippen molar-refractivity contribution in [3.05, 3.63) is 29.8 Å². The molecule has 2 fully saturated rings. The lowest BCUT2D eigenvalue weighted by molar-refractivity contribution is -0.137. The average molecular weight is 443 g/mol. The van der Waals surface area contributed by atoms with Crippen molar-refractivity contribution in [2.75, 3.05) is 39.4 Å². The molecule has 1 N–H and O–H groups in total. The van der Waals surface area contributed by atoms with Gasteiger partial charge in [0.1, 0.15) is 12.4 Å². The number of para-hydroxylation sites is 1. The van der Waals surface area contributed by atoms with Gasteiger partial charge in [0.05, 0.1) is 12.1 Å². The molecule has 32 heavy (non-hydrogen) atoms. The third-order valence-corrected chi connectivity index (χ3v) is 7.83. The van der Waals surface area contributed by atoms with Gasteiger partial charge in [0.25, 0.3) is 5.91 Å². The Morgan fingerprint density at radius 2 is 1.72 bits per heavy atom. The summed E-state index contributed by atoms with van der Waals surface area (Å²) in [6.07, 6.45) is 10.0. The van der Waals surface area contributed by atoms with E-state index in [4.69, 9.17) is 4.74 Å². The van der Waals surface area contributed by atoms with Crippen LogP contribution in [-0.4, -0.2) is 66.1 Å². The molecule has 0 radical (unpaired) electrons. The lowest BCUT2D eigenvalue weighted by atomic mass is 9.75. The topological polar surface area (TPSA) is 70.1 Å². The molecule has 0 aromatic heterocycles. The average Bonchev–Trinajstić information content (AvgIpc) is 2.86. The van der Waals surface area contributed by atoms with Crippen LogP contribution in [-0.2, 0) is 4.79 Å². The summed E-state index contributed by atoms with van der Waals surface area (Å²) in [6, 6.07) is 7.43. The molecular formula is C26H38N2O4. The molecule has 1 aliphatic carbocycles. The third-order valence-electron chi connectivity index (χ3n) is 7.83. The Morgan fingerprint density at radius 1 is 0.969 bits per heavy atom. The van der Waals surface area contributed by atoms with Crippen molar-refractivity contribution in [3.63, 3.8) is 0 Å². The minimum Gasteiger partial charge on any atom is -0.491 e. The maximum atomic E-state index is 13.3. The zero-order valence-electron chi connectivity index (χ0n) is 19.3. The van der Waals surface area contributed by atoms with E-state index in [0.717, 1.165) is 64.3 Å². The quantitative estimate of drug-likeness (QED) is 0.755. The SMILES string of the molecule is O=C1c2ccccc2OCCN(C(=O)C2CCCCC2)CCCCC2(CO)CCN1CC2. The summed E-state index contributed by atoms with van der Waals surface area (Å²) in [6.45, 7) is 3.18. The first-order valence-corrected chi connectivity index (χ1v) is 12.5. The van der Waals surface area contributed by atoms with Crippen molar-refractivity contribution in [3.8, 4) is 5.75 Å². The van der Waals surface area contributed by atoms with Crippen LogP contribution in [0.2, 0.25) is 0 Å². The number of aliphatic hydroxyl groups excluding tert-OH is 1. The number of aliphatic hydroxyl groups is 1. The van der Waals surface area contributed by atoms with Crippen LogP contribution < -0.4 is 4.74 Å². The van der Waals surface area contributed by atoms with Crippen LogP contribution >= 0.6 is 0 Å². The molecule has 2 bridgehead atoms.